The topological polar surface area (TPSA) is 48.0 Å². The van der Waals surface area contributed by atoms with Gasteiger partial charge in [-0.25, -0.2) is 4.39 Å². The second-order valence-electron chi connectivity index (χ2n) is 6.28. The number of halogens is 6. The van der Waals surface area contributed by atoms with Crippen LogP contribution in [0.15, 0.2) is 48.7 Å². The van der Waals surface area contributed by atoms with Crippen molar-refractivity contribution in [3.63, 3.8) is 0 Å². The predicted octanol–water partition coefficient (Wildman–Crippen LogP) is 6.05. The maximum Gasteiger partial charge on any atom is 0.399 e. The van der Waals surface area contributed by atoms with Crippen LogP contribution in [0, 0.1) is 5.82 Å². The third-order valence-electron chi connectivity index (χ3n) is 4.36. The lowest BCUT2D eigenvalue weighted by Gasteiger charge is -2.18. The van der Waals surface area contributed by atoms with Gasteiger partial charge >= 0.3 is 6.18 Å². The SMILES string of the molecule is NCC(=O)n1ccc2cc(C=CC(c3cc(Cl)c(F)c(Cl)c3)C(F)(F)F)ccc21. The number of hydrogen-bond acceptors (Lipinski definition) is 2. The zero-order valence-corrected chi connectivity index (χ0v) is 16.2. The van der Waals surface area contributed by atoms with Gasteiger partial charge in [-0.15, -0.1) is 0 Å². The Hall–Kier alpha value is -2.35. The van der Waals surface area contributed by atoms with Crippen LogP contribution in [0.1, 0.15) is 21.8 Å². The van der Waals surface area contributed by atoms with E-state index >= 15 is 0 Å². The van der Waals surface area contributed by atoms with Crippen molar-refractivity contribution < 1.29 is 22.4 Å². The fraction of sp³-hybridized carbons (Fsp3) is 0.150. The molecule has 1 unspecified atom stereocenters. The molecule has 3 aromatic rings. The smallest absolute Gasteiger partial charge is 0.322 e. The number of fused-ring (bicyclic) bond motifs is 1. The molecule has 0 fully saturated rings. The highest BCUT2D eigenvalue weighted by Gasteiger charge is 2.39. The number of rotatable bonds is 4. The van der Waals surface area contributed by atoms with E-state index in [1.807, 2.05) is 0 Å². The molecular weight excluding hydrogens is 431 g/mol. The van der Waals surface area contributed by atoms with E-state index < -0.39 is 28.0 Å². The minimum absolute atomic E-state index is 0.165. The van der Waals surface area contributed by atoms with E-state index in [9.17, 15) is 22.4 Å². The van der Waals surface area contributed by atoms with E-state index in [2.05, 4.69) is 0 Å². The second kappa shape index (κ2) is 8.18. The Balaban J connectivity index is 1.97. The molecule has 2 aromatic carbocycles. The van der Waals surface area contributed by atoms with Gasteiger partial charge in [-0.1, -0.05) is 41.4 Å². The highest BCUT2D eigenvalue weighted by Crippen LogP contribution is 2.39. The average molecular weight is 445 g/mol. The lowest BCUT2D eigenvalue weighted by Crippen LogP contribution is -2.19. The van der Waals surface area contributed by atoms with Crippen LogP contribution in [-0.4, -0.2) is 23.2 Å². The summed E-state index contributed by atoms with van der Waals surface area (Å²) in [6.45, 7) is -0.165. The number of carbonyl (C=O) groups is 1. The van der Waals surface area contributed by atoms with Crippen LogP contribution in [0.3, 0.4) is 0 Å². The first-order valence-corrected chi connectivity index (χ1v) is 9.11. The summed E-state index contributed by atoms with van der Waals surface area (Å²) in [4.78, 5) is 11.8. The van der Waals surface area contributed by atoms with Crippen molar-refractivity contribution in [2.45, 2.75) is 12.1 Å². The third-order valence-corrected chi connectivity index (χ3v) is 4.91. The molecule has 0 spiro atoms. The first kappa shape index (κ1) is 21.4. The van der Waals surface area contributed by atoms with Crippen LogP contribution in [0.4, 0.5) is 17.6 Å². The minimum Gasteiger partial charge on any atom is -0.322 e. The Morgan fingerprint density at radius 3 is 2.38 bits per heavy atom. The van der Waals surface area contributed by atoms with Crippen LogP contribution in [-0.2, 0) is 0 Å². The largest absolute Gasteiger partial charge is 0.399 e. The van der Waals surface area contributed by atoms with E-state index in [1.165, 1.54) is 10.6 Å². The van der Waals surface area contributed by atoms with Gasteiger partial charge in [-0.05, 0) is 41.5 Å². The van der Waals surface area contributed by atoms with Crippen molar-refractivity contribution in [3.05, 3.63) is 75.7 Å². The van der Waals surface area contributed by atoms with Crippen molar-refractivity contribution in [3.8, 4) is 0 Å². The first-order chi connectivity index (χ1) is 13.6. The highest BCUT2D eigenvalue weighted by molar-refractivity contribution is 6.35. The molecule has 3 nitrogen and oxygen atoms in total. The molecule has 0 bridgehead atoms. The van der Waals surface area contributed by atoms with Crippen LogP contribution in [0.5, 0.6) is 0 Å². The van der Waals surface area contributed by atoms with Gasteiger partial charge in [-0.3, -0.25) is 9.36 Å². The molecule has 2 N–H and O–H groups in total. The minimum atomic E-state index is -4.64. The summed E-state index contributed by atoms with van der Waals surface area (Å²) in [6.07, 6.45) is -0.843. The normalized spacial score (nSPS) is 13.3. The fourth-order valence-electron chi connectivity index (χ4n) is 2.95. The number of alkyl halides is 3. The molecule has 0 saturated carbocycles. The summed E-state index contributed by atoms with van der Waals surface area (Å²) in [5.74, 6) is -3.30. The zero-order valence-electron chi connectivity index (χ0n) is 14.7. The van der Waals surface area contributed by atoms with Crippen molar-refractivity contribution in [2.75, 3.05) is 6.54 Å². The number of hydrogen-bond donors (Lipinski definition) is 1. The number of nitrogens with two attached hydrogens (primary N) is 1. The summed E-state index contributed by atoms with van der Waals surface area (Å²) >= 11 is 11.3. The molecule has 3 rings (SSSR count). The van der Waals surface area contributed by atoms with Gasteiger partial charge in [0.05, 0.1) is 28.0 Å². The Bertz CT molecular complexity index is 1080. The Morgan fingerprint density at radius 1 is 1.14 bits per heavy atom. The Kier molecular flexibility index (Phi) is 6.03. The first-order valence-electron chi connectivity index (χ1n) is 8.35. The number of carbonyl (C=O) groups excluding carboxylic acids is 1. The number of aromatic nitrogens is 1. The molecule has 0 radical (unpaired) electrons. The third kappa shape index (κ3) is 4.47. The molecule has 0 amide bonds. The molecule has 0 aliphatic carbocycles. The van der Waals surface area contributed by atoms with Crippen LogP contribution < -0.4 is 5.73 Å². The lowest BCUT2D eigenvalue weighted by molar-refractivity contribution is -0.139. The Morgan fingerprint density at radius 2 is 1.79 bits per heavy atom. The summed E-state index contributed by atoms with van der Waals surface area (Å²) < 4.78 is 55.7. The maximum absolute atomic E-state index is 13.6. The van der Waals surface area contributed by atoms with Gasteiger partial charge in [0.1, 0.15) is 0 Å². The predicted molar refractivity (Wildman–Crippen MR) is 106 cm³/mol. The average Bonchev–Trinajstić information content (AvgIpc) is 3.07. The van der Waals surface area contributed by atoms with Gasteiger partial charge in [-0.2, -0.15) is 13.2 Å². The van der Waals surface area contributed by atoms with E-state index in [0.29, 0.717) is 16.5 Å². The molecule has 1 heterocycles. The van der Waals surface area contributed by atoms with Crippen molar-refractivity contribution in [2.24, 2.45) is 5.73 Å². The number of nitrogens with zero attached hydrogens (tertiary/aromatic N) is 1. The van der Waals surface area contributed by atoms with Crippen LogP contribution in [0.2, 0.25) is 10.0 Å². The summed E-state index contributed by atoms with van der Waals surface area (Å²) in [7, 11) is 0. The summed E-state index contributed by atoms with van der Waals surface area (Å²) in [5, 5.41) is -0.296. The van der Waals surface area contributed by atoms with Crippen molar-refractivity contribution >= 4 is 46.1 Å². The van der Waals surface area contributed by atoms with E-state index in [1.54, 1.807) is 30.5 Å². The van der Waals surface area contributed by atoms with E-state index in [0.717, 1.165) is 18.2 Å². The second-order valence-corrected chi connectivity index (χ2v) is 7.09. The standard InChI is InChI=1S/C20H14Cl2F4N2O/c21-15-8-13(9-16(22)19(15)23)14(20(24,25)26)3-1-11-2-4-17-12(7-11)5-6-28(17)18(29)10-27/h1-9,14H,10,27H2. The molecule has 0 aliphatic heterocycles. The molecule has 0 aliphatic rings. The molecule has 29 heavy (non-hydrogen) atoms. The van der Waals surface area contributed by atoms with E-state index in [4.69, 9.17) is 28.9 Å². The van der Waals surface area contributed by atoms with Gasteiger partial charge < -0.3 is 5.73 Å². The van der Waals surface area contributed by atoms with Crippen molar-refractivity contribution in [1.82, 2.24) is 4.57 Å². The molecule has 152 valence electrons. The molecule has 1 aromatic heterocycles. The molecule has 1 atom stereocenters. The quantitative estimate of drug-likeness (QED) is 0.393. The van der Waals surface area contributed by atoms with Crippen molar-refractivity contribution in [1.29, 1.82) is 0 Å². The molecule has 0 saturated heterocycles. The Labute approximate surface area is 173 Å². The number of allylic oxidation sites excluding steroid dienone is 1. The van der Waals surface area contributed by atoms with Gasteiger partial charge in [0.2, 0.25) is 5.91 Å². The summed E-state index contributed by atoms with van der Waals surface area (Å²) in [5.41, 5.74) is 6.18. The molecule has 9 heteroatoms. The maximum atomic E-state index is 13.6. The molecular formula is C20H14Cl2F4N2O. The highest BCUT2D eigenvalue weighted by atomic mass is 35.5. The fourth-order valence-corrected chi connectivity index (χ4v) is 3.46. The number of benzene rings is 2. The van der Waals surface area contributed by atoms with Gasteiger partial charge in [0.25, 0.3) is 0 Å². The van der Waals surface area contributed by atoms with Crippen LogP contribution >= 0.6 is 23.2 Å². The van der Waals surface area contributed by atoms with Gasteiger partial charge in [0.15, 0.2) is 5.82 Å². The zero-order chi connectivity index (χ0) is 21.3. The van der Waals surface area contributed by atoms with Gasteiger partial charge in [0, 0.05) is 11.6 Å². The van der Waals surface area contributed by atoms with Crippen LogP contribution in [0.25, 0.3) is 17.0 Å². The van der Waals surface area contributed by atoms with E-state index in [-0.39, 0.29) is 18.0 Å². The summed E-state index contributed by atoms with van der Waals surface area (Å²) in [6, 6.07) is 8.33. The monoisotopic (exact) mass is 444 g/mol. The lowest BCUT2D eigenvalue weighted by atomic mass is 9.97.